The zero-order chi connectivity index (χ0) is 14.3. The molecule has 19 heavy (non-hydrogen) atoms. The fourth-order valence-corrected chi connectivity index (χ4v) is 2.49. The lowest BCUT2D eigenvalue weighted by Gasteiger charge is -2.27. The van der Waals surface area contributed by atoms with E-state index in [1.807, 2.05) is 0 Å². The fourth-order valence-electron chi connectivity index (χ4n) is 2.49. The molecule has 1 unspecified atom stereocenters. The van der Waals surface area contributed by atoms with Gasteiger partial charge in [-0.2, -0.15) is 0 Å². The minimum absolute atomic E-state index is 0.353. The summed E-state index contributed by atoms with van der Waals surface area (Å²) in [4.78, 5) is 0. The highest BCUT2D eigenvalue weighted by Crippen LogP contribution is 2.29. The van der Waals surface area contributed by atoms with Gasteiger partial charge in [0.2, 0.25) is 0 Å². The maximum atomic E-state index is 3.71. The van der Waals surface area contributed by atoms with Gasteiger partial charge in [0.05, 0.1) is 0 Å². The van der Waals surface area contributed by atoms with E-state index in [4.69, 9.17) is 0 Å². The first-order valence-electron chi connectivity index (χ1n) is 7.78. The van der Waals surface area contributed by atoms with Crippen LogP contribution in [-0.4, -0.2) is 6.54 Å². The third kappa shape index (κ3) is 6.24. The van der Waals surface area contributed by atoms with Gasteiger partial charge < -0.3 is 5.32 Å². The zero-order valence-corrected chi connectivity index (χ0v) is 13.4. The molecule has 1 atom stereocenters. The molecule has 0 fully saturated rings. The minimum atomic E-state index is 0.353. The Morgan fingerprint density at radius 2 is 1.84 bits per heavy atom. The van der Waals surface area contributed by atoms with Crippen molar-refractivity contribution >= 4 is 0 Å². The summed E-state index contributed by atoms with van der Waals surface area (Å²) in [7, 11) is 0. The van der Waals surface area contributed by atoms with Crippen molar-refractivity contribution in [3.05, 3.63) is 35.4 Å². The molecule has 108 valence electrons. The predicted octanol–water partition coefficient (Wildman–Crippen LogP) is 5.12. The Bertz CT molecular complexity index is 362. The number of benzene rings is 1. The second kappa shape index (κ2) is 7.69. The van der Waals surface area contributed by atoms with E-state index in [0.717, 1.165) is 6.54 Å². The molecule has 1 rings (SSSR count). The van der Waals surface area contributed by atoms with Gasteiger partial charge in [0.1, 0.15) is 0 Å². The van der Waals surface area contributed by atoms with E-state index < -0.39 is 0 Å². The third-order valence-corrected chi connectivity index (χ3v) is 3.35. The second-order valence-corrected chi connectivity index (χ2v) is 6.77. The van der Waals surface area contributed by atoms with Crippen molar-refractivity contribution in [3.63, 3.8) is 0 Å². The van der Waals surface area contributed by atoms with Gasteiger partial charge in [-0.3, -0.25) is 0 Å². The highest BCUT2D eigenvalue weighted by Gasteiger charge is 2.19. The van der Waals surface area contributed by atoms with Crippen molar-refractivity contribution in [2.45, 2.75) is 66.3 Å². The second-order valence-electron chi connectivity index (χ2n) is 6.77. The average molecular weight is 261 g/mol. The molecular weight excluding hydrogens is 230 g/mol. The first kappa shape index (κ1) is 16.2. The molecule has 1 aromatic rings. The Kier molecular flexibility index (Phi) is 6.57. The monoisotopic (exact) mass is 261 g/mol. The number of hydrogen-bond acceptors (Lipinski definition) is 1. The zero-order valence-electron chi connectivity index (χ0n) is 13.4. The Balaban J connectivity index is 2.86. The Labute approximate surface area is 119 Å². The quantitative estimate of drug-likeness (QED) is 0.718. The van der Waals surface area contributed by atoms with Crippen LogP contribution in [-0.2, 0) is 6.42 Å². The van der Waals surface area contributed by atoms with E-state index in [1.54, 1.807) is 0 Å². The number of aryl methyl sites for hydroxylation is 1. The first-order chi connectivity index (χ1) is 8.96. The molecule has 1 nitrogen and oxygen atoms in total. The largest absolute Gasteiger partial charge is 0.310 e. The minimum Gasteiger partial charge on any atom is -0.310 e. The summed E-state index contributed by atoms with van der Waals surface area (Å²) in [5, 5.41) is 3.71. The van der Waals surface area contributed by atoms with E-state index >= 15 is 0 Å². The molecule has 0 radical (unpaired) electrons. The summed E-state index contributed by atoms with van der Waals surface area (Å²) in [5.74, 6) is 0. The standard InChI is InChI=1S/C18H31N/c1-6-9-15-10-8-11-16(13-15)17(19-12-7-2)14-18(3,4)5/h8,10-11,13,17,19H,6-7,9,12,14H2,1-5H3. The van der Waals surface area contributed by atoms with Crippen LogP contribution in [0.2, 0.25) is 0 Å². The van der Waals surface area contributed by atoms with Crippen molar-refractivity contribution in [2.24, 2.45) is 5.41 Å². The van der Waals surface area contributed by atoms with Crippen molar-refractivity contribution in [2.75, 3.05) is 6.54 Å². The molecule has 0 aliphatic heterocycles. The van der Waals surface area contributed by atoms with E-state index in [9.17, 15) is 0 Å². The van der Waals surface area contributed by atoms with Gasteiger partial charge in [0.25, 0.3) is 0 Å². The Hall–Kier alpha value is -0.820. The predicted molar refractivity (Wildman–Crippen MR) is 85.5 cm³/mol. The van der Waals surface area contributed by atoms with E-state index in [-0.39, 0.29) is 0 Å². The van der Waals surface area contributed by atoms with Gasteiger partial charge in [-0.15, -0.1) is 0 Å². The molecule has 0 spiro atoms. The van der Waals surface area contributed by atoms with Crippen LogP contribution in [0.3, 0.4) is 0 Å². The normalized spacial score (nSPS) is 13.5. The van der Waals surface area contributed by atoms with Crippen LogP contribution in [0.4, 0.5) is 0 Å². The van der Waals surface area contributed by atoms with Gasteiger partial charge in [0, 0.05) is 6.04 Å². The van der Waals surface area contributed by atoms with Gasteiger partial charge in [-0.05, 0) is 42.3 Å². The fraction of sp³-hybridized carbons (Fsp3) is 0.667. The summed E-state index contributed by atoms with van der Waals surface area (Å²) < 4.78 is 0. The lowest BCUT2D eigenvalue weighted by atomic mass is 9.85. The molecule has 0 aliphatic rings. The molecule has 1 heteroatoms. The van der Waals surface area contributed by atoms with Gasteiger partial charge in [-0.25, -0.2) is 0 Å². The van der Waals surface area contributed by atoms with Gasteiger partial charge >= 0.3 is 0 Å². The molecule has 1 N–H and O–H groups in total. The van der Waals surface area contributed by atoms with E-state index in [1.165, 1.54) is 36.8 Å². The Morgan fingerprint density at radius 1 is 1.11 bits per heavy atom. The van der Waals surface area contributed by atoms with Crippen molar-refractivity contribution in [1.29, 1.82) is 0 Å². The van der Waals surface area contributed by atoms with Crippen LogP contribution in [0.25, 0.3) is 0 Å². The SMILES string of the molecule is CCCNC(CC(C)(C)C)c1cccc(CCC)c1. The maximum Gasteiger partial charge on any atom is 0.0325 e. The molecule has 0 heterocycles. The Morgan fingerprint density at radius 3 is 2.42 bits per heavy atom. The summed E-state index contributed by atoms with van der Waals surface area (Å²) >= 11 is 0. The summed E-state index contributed by atoms with van der Waals surface area (Å²) in [6, 6.07) is 9.61. The van der Waals surface area contributed by atoms with Crippen LogP contribution in [0, 0.1) is 5.41 Å². The first-order valence-corrected chi connectivity index (χ1v) is 7.78. The summed E-state index contributed by atoms with van der Waals surface area (Å²) in [6.07, 6.45) is 4.78. The van der Waals surface area contributed by atoms with Crippen LogP contribution in [0.1, 0.15) is 71.0 Å². The number of hydrogen-bond donors (Lipinski definition) is 1. The molecular formula is C18H31N. The van der Waals surface area contributed by atoms with Crippen LogP contribution in [0.5, 0.6) is 0 Å². The molecule has 0 bridgehead atoms. The molecule has 0 aromatic heterocycles. The molecule has 0 saturated carbocycles. The highest BCUT2D eigenvalue weighted by atomic mass is 14.9. The van der Waals surface area contributed by atoms with Crippen LogP contribution in [0.15, 0.2) is 24.3 Å². The third-order valence-electron chi connectivity index (χ3n) is 3.35. The topological polar surface area (TPSA) is 12.0 Å². The molecule has 0 amide bonds. The highest BCUT2D eigenvalue weighted by molar-refractivity contribution is 5.26. The van der Waals surface area contributed by atoms with Gasteiger partial charge in [-0.1, -0.05) is 65.3 Å². The van der Waals surface area contributed by atoms with Crippen molar-refractivity contribution < 1.29 is 0 Å². The molecule has 0 aliphatic carbocycles. The number of nitrogens with one attached hydrogen (secondary N) is 1. The molecule has 0 saturated heterocycles. The lowest BCUT2D eigenvalue weighted by molar-refractivity contribution is 0.311. The van der Waals surface area contributed by atoms with E-state index in [0.29, 0.717) is 11.5 Å². The number of rotatable bonds is 7. The summed E-state index contributed by atoms with van der Waals surface area (Å²) in [6.45, 7) is 12.5. The van der Waals surface area contributed by atoms with Crippen LogP contribution >= 0.6 is 0 Å². The lowest BCUT2D eigenvalue weighted by Crippen LogP contribution is -2.26. The molecule has 1 aromatic carbocycles. The summed E-state index contributed by atoms with van der Waals surface area (Å²) in [5.41, 5.74) is 3.28. The van der Waals surface area contributed by atoms with Crippen molar-refractivity contribution in [1.82, 2.24) is 5.32 Å². The maximum absolute atomic E-state index is 3.71. The smallest absolute Gasteiger partial charge is 0.0325 e. The van der Waals surface area contributed by atoms with Crippen molar-refractivity contribution in [3.8, 4) is 0 Å². The average Bonchev–Trinajstić information content (AvgIpc) is 2.34. The van der Waals surface area contributed by atoms with Gasteiger partial charge in [0.15, 0.2) is 0 Å². The van der Waals surface area contributed by atoms with Crippen LogP contribution < -0.4 is 5.32 Å². The van der Waals surface area contributed by atoms with E-state index in [2.05, 4.69) is 64.2 Å².